The second-order valence-corrected chi connectivity index (χ2v) is 14.1. The molecule has 4 aromatic rings. The van der Waals surface area contributed by atoms with Crippen LogP contribution >= 0.6 is 0 Å². The third-order valence-electron chi connectivity index (χ3n) is 8.85. The lowest BCUT2D eigenvalue weighted by atomic mass is 10.0. The van der Waals surface area contributed by atoms with E-state index in [4.69, 9.17) is 0 Å². The summed E-state index contributed by atoms with van der Waals surface area (Å²) >= 11 is 0. The predicted molar refractivity (Wildman–Crippen MR) is 183 cm³/mol. The molecule has 5 rings (SSSR count). The monoisotopic (exact) mass is 637 g/mol. The van der Waals surface area contributed by atoms with Crippen LogP contribution in [0, 0.1) is 20.8 Å². The number of sulfonamides is 1. The molecule has 0 spiro atoms. The minimum absolute atomic E-state index is 0.0616. The van der Waals surface area contributed by atoms with Crippen LogP contribution in [0.15, 0.2) is 108 Å². The molecule has 1 aliphatic rings. The molecule has 1 N–H and O–H groups in total. The summed E-state index contributed by atoms with van der Waals surface area (Å²) in [7, 11) is -4.14. The highest BCUT2D eigenvalue weighted by molar-refractivity contribution is 7.92. The van der Waals surface area contributed by atoms with E-state index in [1.807, 2.05) is 87.5 Å². The fraction of sp³-hybridized carbons (Fsp3) is 0.316. The molecule has 2 amide bonds. The lowest BCUT2D eigenvalue weighted by molar-refractivity contribution is -0.140. The van der Waals surface area contributed by atoms with Crippen LogP contribution in [0.1, 0.15) is 53.5 Å². The Morgan fingerprint density at radius 3 is 2.04 bits per heavy atom. The molecule has 8 heteroatoms. The molecular formula is C38H43N3O4S. The standard InChI is InChI=1S/C38H43N3O4S/c1-28-21-23-34(24-22-28)46(44,45)41(35-20-12-8-14-30(35)3)27-37(42)40(26-32-17-9-7-13-29(32)2)36(25-31-15-5-4-6-16-31)38(43)39-33-18-10-11-19-33/h4-9,12-17,20-24,33,36H,10-11,18-19,25-27H2,1-3H3,(H,39,43). The molecule has 1 atom stereocenters. The maximum Gasteiger partial charge on any atom is 0.264 e. The number of hydrogen-bond acceptors (Lipinski definition) is 4. The molecule has 0 radical (unpaired) electrons. The highest BCUT2D eigenvalue weighted by Crippen LogP contribution is 2.28. The number of aryl methyl sites for hydroxylation is 3. The predicted octanol–water partition coefficient (Wildman–Crippen LogP) is 6.51. The zero-order valence-corrected chi connectivity index (χ0v) is 27.7. The van der Waals surface area contributed by atoms with Crippen LogP contribution < -0.4 is 9.62 Å². The van der Waals surface area contributed by atoms with Crippen molar-refractivity contribution in [3.8, 4) is 0 Å². The Hall–Kier alpha value is -4.43. The molecule has 1 aliphatic carbocycles. The molecule has 0 bridgehead atoms. The molecule has 7 nitrogen and oxygen atoms in total. The van der Waals surface area contributed by atoms with E-state index in [2.05, 4.69) is 5.32 Å². The van der Waals surface area contributed by atoms with E-state index in [1.165, 1.54) is 4.31 Å². The fourth-order valence-electron chi connectivity index (χ4n) is 6.09. The minimum atomic E-state index is -4.14. The van der Waals surface area contributed by atoms with E-state index >= 15 is 0 Å². The Kier molecular flexibility index (Phi) is 10.6. The summed E-state index contributed by atoms with van der Waals surface area (Å²) in [5, 5.41) is 3.23. The van der Waals surface area contributed by atoms with Gasteiger partial charge in [0.25, 0.3) is 10.0 Å². The molecular weight excluding hydrogens is 595 g/mol. The molecule has 0 saturated heterocycles. The first-order chi connectivity index (χ1) is 22.1. The third-order valence-corrected chi connectivity index (χ3v) is 10.6. The first kappa shape index (κ1) is 32.9. The maximum absolute atomic E-state index is 14.7. The van der Waals surface area contributed by atoms with Crippen molar-refractivity contribution < 1.29 is 18.0 Å². The summed E-state index contributed by atoms with van der Waals surface area (Å²) in [6.07, 6.45) is 4.23. The van der Waals surface area contributed by atoms with Gasteiger partial charge in [0.1, 0.15) is 12.6 Å². The molecule has 1 fully saturated rings. The van der Waals surface area contributed by atoms with E-state index in [1.54, 1.807) is 41.3 Å². The molecule has 46 heavy (non-hydrogen) atoms. The fourth-order valence-corrected chi connectivity index (χ4v) is 7.57. The summed E-state index contributed by atoms with van der Waals surface area (Å²) in [5.41, 5.74) is 4.86. The lowest BCUT2D eigenvalue weighted by Crippen LogP contribution is -2.54. The maximum atomic E-state index is 14.7. The van der Waals surface area contributed by atoms with Crippen molar-refractivity contribution in [3.63, 3.8) is 0 Å². The summed E-state index contributed by atoms with van der Waals surface area (Å²) in [6.45, 7) is 5.40. The van der Waals surface area contributed by atoms with Gasteiger partial charge in [0.2, 0.25) is 11.8 Å². The molecule has 4 aromatic carbocycles. The van der Waals surface area contributed by atoms with E-state index in [9.17, 15) is 18.0 Å². The van der Waals surface area contributed by atoms with Gasteiger partial charge in [0.05, 0.1) is 10.6 Å². The number of carbonyl (C=O) groups excluding carboxylic acids is 2. The van der Waals surface area contributed by atoms with E-state index in [-0.39, 0.29) is 23.4 Å². The van der Waals surface area contributed by atoms with Crippen molar-refractivity contribution in [3.05, 3.63) is 131 Å². The van der Waals surface area contributed by atoms with Crippen molar-refractivity contribution in [2.75, 3.05) is 10.8 Å². The van der Waals surface area contributed by atoms with Gasteiger partial charge in [-0.05, 0) is 74.1 Å². The number of anilines is 1. The van der Waals surface area contributed by atoms with E-state index < -0.39 is 28.5 Å². The van der Waals surface area contributed by atoms with Gasteiger partial charge in [0, 0.05) is 19.0 Å². The van der Waals surface area contributed by atoms with Crippen LogP contribution in [0.3, 0.4) is 0 Å². The average Bonchev–Trinajstić information content (AvgIpc) is 3.56. The normalized spacial score (nSPS) is 14.1. The SMILES string of the molecule is Cc1ccc(S(=O)(=O)N(CC(=O)N(Cc2ccccc2C)C(Cc2ccccc2)C(=O)NC2CCCC2)c2ccccc2C)cc1. The Morgan fingerprint density at radius 1 is 0.783 bits per heavy atom. The Labute approximate surface area is 273 Å². The highest BCUT2D eigenvalue weighted by Gasteiger charge is 2.36. The van der Waals surface area contributed by atoms with Gasteiger partial charge in [-0.25, -0.2) is 8.42 Å². The van der Waals surface area contributed by atoms with Crippen molar-refractivity contribution in [2.45, 2.75) is 76.4 Å². The number of hydrogen-bond donors (Lipinski definition) is 1. The summed E-state index contributed by atoms with van der Waals surface area (Å²) in [6, 6.07) is 30.4. The highest BCUT2D eigenvalue weighted by atomic mass is 32.2. The first-order valence-electron chi connectivity index (χ1n) is 16.0. The largest absolute Gasteiger partial charge is 0.352 e. The summed E-state index contributed by atoms with van der Waals surface area (Å²) < 4.78 is 29.7. The smallest absolute Gasteiger partial charge is 0.264 e. The van der Waals surface area contributed by atoms with E-state index in [0.717, 1.165) is 53.5 Å². The Balaban J connectivity index is 1.58. The summed E-state index contributed by atoms with van der Waals surface area (Å²) in [4.78, 5) is 30.5. The molecule has 1 saturated carbocycles. The topological polar surface area (TPSA) is 86.8 Å². The summed E-state index contributed by atoms with van der Waals surface area (Å²) in [5.74, 6) is -0.675. The minimum Gasteiger partial charge on any atom is -0.352 e. The number of rotatable bonds is 12. The van der Waals surface area contributed by atoms with Crippen LogP contribution in [0.25, 0.3) is 0 Å². The van der Waals surface area contributed by atoms with Gasteiger partial charge in [-0.2, -0.15) is 0 Å². The molecule has 0 aliphatic heterocycles. The van der Waals surface area contributed by atoms with Gasteiger partial charge in [-0.3, -0.25) is 13.9 Å². The van der Waals surface area contributed by atoms with Crippen LogP contribution in [0.5, 0.6) is 0 Å². The van der Waals surface area contributed by atoms with Crippen molar-refractivity contribution in [1.82, 2.24) is 10.2 Å². The third kappa shape index (κ3) is 7.85. The zero-order valence-electron chi connectivity index (χ0n) is 26.9. The second kappa shape index (κ2) is 14.8. The molecule has 1 unspecified atom stereocenters. The van der Waals surface area contributed by atoms with Crippen LogP contribution in [-0.2, 0) is 32.6 Å². The molecule has 0 aromatic heterocycles. The van der Waals surface area contributed by atoms with Gasteiger partial charge < -0.3 is 10.2 Å². The first-order valence-corrected chi connectivity index (χ1v) is 17.4. The van der Waals surface area contributed by atoms with Gasteiger partial charge in [-0.1, -0.05) is 103 Å². The van der Waals surface area contributed by atoms with Gasteiger partial charge >= 0.3 is 0 Å². The number of para-hydroxylation sites is 1. The average molecular weight is 638 g/mol. The van der Waals surface area contributed by atoms with Crippen molar-refractivity contribution in [1.29, 1.82) is 0 Å². The van der Waals surface area contributed by atoms with Crippen LogP contribution in [0.4, 0.5) is 5.69 Å². The second-order valence-electron chi connectivity index (χ2n) is 12.3. The zero-order chi connectivity index (χ0) is 32.7. The Morgan fingerprint density at radius 2 is 1.39 bits per heavy atom. The number of benzene rings is 4. The quantitative estimate of drug-likeness (QED) is 0.192. The lowest BCUT2D eigenvalue weighted by Gasteiger charge is -2.35. The number of nitrogens with zero attached hydrogens (tertiary/aromatic N) is 2. The van der Waals surface area contributed by atoms with Gasteiger partial charge in [-0.15, -0.1) is 0 Å². The Bertz CT molecular complexity index is 1750. The number of nitrogens with one attached hydrogen (secondary N) is 1. The number of carbonyl (C=O) groups is 2. The van der Waals surface area contributed by atoms with E-state index in [0.29, 0.717) is 12.1 Å². The van der Waals surface area contributed by atoms with Crippen LogP contribution in [-0.4, -0.2) is 43.8 Å². The van der Waals surface area contributed by atoms with Crippen molar-refractivity contribution in [2.24, 2.45) is 0 Å². The number of amides is 2. The molecule has 240 valence electrons. The molecule has 0 heterocycles. The van der Waals surface area contributed by atoms with Gasteiger partial charge in [0.15, 0.2) is 0 Å². The van der Waals surface area contributed by atoms with Crippen LogP contribution in [0.2, 0.25) is 0 Å². The van der Waals surface area contributed by atoms with Crippen molar-refractivity contribution >= 4 is 27.5 Å².